The zero-order chi connectivity index (χ0) is 11.5. The predicted molar refractivity (Wildman–Crippen MR) is 72.5 cm³/mol. The lowest BCUT2D eigenvalue weighted by Gasteiger charge is -2.02. The minimum Gasteiger partial charge on any atom is -0.382 e. The second-order valence-corrected chi connectivity index (χ2v) is 5.79. The maximum absolute atomic E-state index is 5.75. The molecule has 86 valence electrons. The Hall–Kier alpha value is -0.790. The number of aromatic nitrogens is 2. The molecule has 0 saturated heterocycles. The Morgan fingerprint density at radius 3 is 3.00 bits per heavy atom. The first-order chi connectivity index (χ1) is 7.70. The fourth-order valence-electron chi connectivity index (χ4n) is 1.26. The van der Waals surface area contributed by atoms with Crippen molar-refractivity contribution in [2.45, 2.75) is 18.4 Å². The SMILES string of the molecule is CSc1c(N)nsc1NCc1csc(C)n1. The highest BCUT2D eigenvalue weighted by Crippen LogP contribution is 2.34. The highest BCUT2D eigenvalue weighted by molar-refractivity contribution is 7.99. The van der Waals surface area contributed by atoms with Crippen LogP contribution in [0, 0.1) is 6.92 Å². The van der Waals surface area contributed by atoms with E-state index < -0.39 is 0 Å². The molecule has 0 atom stereocenters. The average molecular weight is 272 g/mol. The third-order valence-corrected chi connectivity index (χ3v) is 4.57. The molecule has 7 heteroatoms. The van der Waals surface area contributed by atoms with Crippen molar-refractivity contribution in [2.24, 2.45) is 0 Å². The van der Waals surface area contributed by atoms with Crippen molar-refractivity contribution >= 4 is 45.5 Å². The second-order valence-electron chi connectivity index (χ2n) is 3.14. The fraction of sp³-hybridized carbons (Fsp3) is 0.333. The molecule has 3 N–H and O–H groups in total. The number of nitrogens with two attached hydrogens (primary N) is 1. The van der Waals surface area contributed by atoms with E-state index in [1.165, 1.54) is 11.5 Å². The fourth-order valence-corrected chi connectivity index (χ4v) is 3.41. The smallest absolute Gasteiger partial charge is 0.153 e. The number of hydrogen-bond donors (Lipinski definition) is 2. The molecule has 0 unspecified atom stereocenters. The van der Waals surface area contributed by atoms with E-state index in [1.54, 1.807) is 23.1 Å². The first-order valence-corrected chi connectivity index (χ1v) is 7.52. The van der Waals surface area contributed by atoms with Gasteiger partial charge in [-0.05, 0) is 24.7 Å². The summed E-state index contributed by atoms with van der Waals surface area (Å²) < 4.78 is 4.12. The van der Waals surface area contributed by atoms with Crippen molar-refractivity contribution in [1.29, 1.82) is 0 Å². The molecule has 0 fully saturated rings. The molecule has 0 aromatic carbocycles. The predicted octanol–water partition coefficient (Wildman–Crippen LogP) is 2.82. The zero-order valence-corrected chi connectivity index (χ0v) is 11.4. The molecule has 0 amide bonds. The topological polar surface area (TPSA) is 63.8 Å². The summed E-state index contributed by atoms with van der Waals surface area (Å²) in [6.45, 7) is 2.73. The van der Waals surface area contributed by atoms with E-state index in [0.29, 0.717) is 5.82 Å². The number of aryl methyl sites for hydroxylation is 1. The van der Waals surface area contributed by atoms with Gasteiger partial charge in [0.1, 0.15) is 5.00 Å². The molecule has 2 rings (SSSR count). The van der Waals surface area contributed by atoms with Gasteiger partial charge in [0.2, 0.25) is 0 Å². The van der Waals surface area contributed by atoms with Crippen molar-refractivity contribution < 1.29 is 0 Å². The van der Waals surface area contributed by atoms with Gasteiger partial charge in [-0.25, -0.2) is 4.98 Å². The Morgan fingerprint density at radius 2 is 2.38 bits per heavy atom. The highest BCUT2D eigenvalue weighted by Gasteiger charge is 2.10. The first-order valence-electron chi connectivity index (χ1n) is 4.64. The summed E-state index contributed by atoms with van der Waals surface area (Å²) in [4.78, 5) is 5.42. The number of thioether (sulfide) groups is 1. The van der Waals surface area contributed by atoms with E-state index in [1.807, 2.05) is 13.2 Å². The van der Waals surface area contributed by atoms with E-state index in [0.717, 1.165) is 27.1 Å². The second kappa shape index (κ2) is 5.03. The Labute approximate surface area is 106 Å². The summed E-state index contributed by atoms with van der Waals surface area (Å²) in [6.07, 6.45) is 2.00. The minimum absolute atomic E-state index is 0.606. The highest BCUT2D eigenvalue weighted by atomic mass is 32.2. The molecule has 16 heavy (non-hydrogen) atoms. The van der Waals surface area contributed by atoms with Crippen molar-refractivity contribution in [1.82, 2.24) is 9.36 Å². The number of nitrogens with zero attached hydrogens (tertiary/aromatic N) is 2. The molecule has 2 heterocycles. The molecule has 0 aliphatic rings. The number of anilines is 2. The van der Waals surface area contributed by atoms with Crippen LogP contribution in [0.25, 0.3) is 0 Å². The number of rotatable bonds is 4. The minimum atomic E-state index is 0.606. The summed E-state index contributed by atoms with van der Waals surface area (Å²) in [7, 11) is 0. The number of thiazole rings is 1. The maximum Gasteiger partial charge on any atom is 0.153 e. The summed E-state index contributed by atoms with van der Waals surface area (Å²) in [5.41, 5.74) is 6.81. The lowest BCUT2D eigenvalue weighted by atomic mass is 10.5. The third kappa shape index (κ3) is 2.47. The average Bonchev–Trinajstić information content (AvgIpc) is 2.82. The molecule has 2 aromatic rings. The van der Waals surface area contributed by atoms with Crippen molar-refractivity contribution in [3.8, 4) is 0 Å². The van der Waals surface area contributed by atoms with Crippen molar-refractivity contribution in [2.75, 3.05) is 17.3 Å². The van der Waals surface area contributed by atoms with Gasteiger partial charge in [0.05, 0.1) is 22.1 Å². The Morgan fingerprint density at radius 1 is 1.56 bits per heavy atom. The lowest BCUT2D eigenvalue weighted by Crippen LogP contribution is -1.99. The molecule has 4 nitrogen and oxygen atoms in total. The van der Waals surface area contributed by atoms with Gasteiger partial charge < -0.3 is 11.1 Å². The molecule has 0 aliphatic carbocycles. The Kier molecular flexibility index (Phi) is 3.67. The molecule has 0 spiro atoms. The number of nitrogen functional groups attached to an aromatic ring is 1. The largest absolute Gasteiger partial charge is 0.382 e. The summed E-state index contributed by atoms with van der Waals surface area (Å²) in [6, 6.07) is 0. The van der Waals surface area contributed by atoms with Gasteiger partial charge in [-0.1, -0.05) is 0 Å². The molecular formula is C9H12N4S3. The van der Waals surface area contributed by atoms with Crippen LogP contribution in [-0.2, 0) is 6.54 Å². The van der Waals surface area contributed by atoms with Gasteiger partial charge in [0.15, 0.2) is 5.82 Å². The van der Waals surface area contributed by atoms with Gasteiger partial charge in [-0.15, -0.1) is 23.1 Å². The van der Waals surface area contributed by atoms with Crippen molar-refractivity contribution in [3.05, 3.63) is 16.1 Å². The summed E-state index contributed by atoms with van der Waals surface area (Å²) in [5, 5.41) is 7.49. The van der Waals surface area contributed by atoms with Crippen LogP contribution in [0.15, 0.2) is 10.3 Å². The van der Waals surface area contributed by atoms with Crippen LogP contribution in [0.5, 0.6) is 0 Å². The molecule has 0 aliphatic heterocycles. The molecule has 0 saturated carbocycles. The Balaban J connectivity index is 2.04. The normalized spacial score (nSPS) is 10.6. The Bertz CT molecular complexity index is 477. The van der Waals surface area contributed by atoms with Crippen LogP contribution in [0.3, 0.4) is 0 Å². The monoisotopic (exact) mass is 272 g/mol. The van der Waals surface area contributed by atoms with E-state index in [2.05, 4.69) is 20.1 Å². The summed E-state index contributed by atoms with van der Waals surface area (Å²) >= 11 is 4.67. The van der Waals surface area contributed by atoms with Gasteiger partial charge in [0, 0.05) is 5.38 Å². The molecular weight excluding hydrogens is 260 g/mol. The lowest BCUT2D eigenvalue weighted by molar-refractivity contribution is 1.05. The van der Waals surface area contributed by atoms with Crippen LogP contribution >= 0.6 is 34.6 Å². The van der Waals surface area contributed by atoms with Crippen LogP contribution in [0.4, 0.5) is 10.8 Å². The van der Waals surface area contributed by atoms with Crippen LogP contribution in [0.1, 0.15) is 10.7 Å². The van der Waals surface area contributed by atoms with Crippen molar-refractivity contribution in [3.63, 3.8) is 0 Å². The molecule has 0 bridgehead atoms. The molecule has 0 radical (unpaired) electrons. The van der Waals surface area contributed by atoms with Crippen LogP contribution in [-0.4, -0.2) is 15.6 Å². The standard InChI is InChI=1S/C9H12N4S3/c1-5-12-6(4-15-5)3-11-9-7(14-2)8(10)13-16-9/h4,11H,3H2,1-2H3,(H2,10,13). The third-order valence-electron chi connectivity index (χ3n) is 1.97. The van der Waals surface area contributed by atoms with Gasteiger partial charge in [-0.2, -0.15) is 4.37 Å². The van der Waals surface area contributed by atoms with Gasteiger partial charge in [-0.3, -0.25) is 0 Å². The van der Waals surface area contributed by atoms with E-state index in [-0.39, 0.29) is 0 Å². The van der Waals surface area contributed by atoms with E-state index in [9.17, 15) is 0 Å². The summed E-state index contributed by atoms with van der Waals surface area (Å²) in [5.74, 6) is 0.606. The van der Waals surface area contributed by atoms with Gasteiger partial charge >= 0.3 is 0 Å². The number of nitrogens with one attached hydrogen (secondary N) is 1. The van der Waals surface area contributed by atoms with Crippen LogP contribution < -0.4 is 11.1 Å². The van der Waals surface area contributed by atoms with E-state index >= 15 is 0 Å². The number of hydrogen-bond acceptors (Lipinski definition) is 7. The molecule has 2 aromatic heterocycles. The van der Waals surface area contributed by atoms with Gasteiger partial charge in [0.25, 0.3) is 0 Å². The quantitative estimate of drug-likeness (QED) is 0.838. The maximum atomic E-state index is 5.75. The van der Waals surface area contributed by atoms with E-state index in [4.69, 9.17) is 5.73 Å². The zero-order valence-electron chi connectivity index (χ0n) is 8.98. The first kappa shape index (κ1) is 11.7. The van der Waals surface area contributed by atoms with Crippen LogP contribution in [0.2, 0.25) is 0 Å².